The standard InChI is InChI=1S/C41H46Cl2N3/c1-8-44(32-14-12-11-13-15-32)39-28(18-24-37-40(4,5)33-26-30(42)20-22-35(33)45(37)9-2)16-17-29(39)19-25-38-41(6,7)34-27-31(43)21-23-36(34)46(38)10-3/h11-15,18-27H,8-10,16-17H2,1-7H3/q+1. The monoisotopic (exact) mass is 650 g/mol. The van der Waals surface area contributed by atoms with Crippen LogP contribution < -0.4 is 9.80 Å². The van der Waals surface area contributed by atoms with Crippen molar-refractivity contribution in [3.63, 3.8) is 0 Å². The van der Waals surface area contributed by atoms with Crippen LogP contribution in [0.3, 0.4) is 0 Å². The second-order valence-corrected chi connectivity index (χ2v) is 14.4. The fourth-order valence-electron chi connectivity index (χ4n) is 7.80. The van der Waals surface area contributed by atoms with E-state index < -0.39 is 0 Å². The molecule has 238 valence electrons. The Bertz CT molecular complexity index is 1710. The molecule has 0 radical (unpaired) electrons. The minimum absolute atomic E-state index is 0.144. The van der Waals surface area contributed by atoms with E-state index in [2.05, 4.69) is 142 Å². The molecule has 0 aromatic heterocycles. The lowest BCUT2D eigenvalue weighted by Gasteiger charge is -2.26. The highest BCUT2D eigenvalue weighted by molar-refractivity contribution is 6.31. The van der Waals surface area contributed by atoms with Crippen molar-refractivity contribution < 1.29 is 4.58 Å². The second-order valence-electron chi connectivity index (χ2n) is 13.5. The molecule has 5 heteroatoms. The molecule has 1 aliphatic carbocycles. The smallest absolute Gasteiger partial charge is 0.212 e. The van der Waals surface area contributed by atoms with E-state index in [4.69, 9.17) is 23.2 Å². The molecule has 3 aromatic carbocycles. The molecular weight excluding hydrogens is 605 g/mol. The van der Waals surface area contributed by atoms with Gasteiger partial charge in [0.15, 0.2) is 0 Å². The molecule has 0 N–H and O–H groups in total. The number of allylic oxidation sites excluding steroid dienone is 8. The third-order valence-electron chi connectivity index (χ3n) is 10.2. The Hall–Kier alpha value is -3.53. The molecule has 0 bridgehead atoms. The van der Waals surface area contributed by atoms with Gasteiger partial charge in [0.1, 0.15) is 6.54 Å². The molecule has 0 amide bonds. The highest BCUT2D eigenvalue weighted by Crippen LogP contribution is 2.50. The van der Waals surface area contributed by atoms with E-state index in [1.165, 1.54) is 56.4 Å². The van der Waals surface area contributed by atoms with E-state index in [1.54, 1.807) is 0 Å². The lowest BCUT2D eigenvalue weighted by Crippen LogP contribution is -2.26. The summed E-state index contributed by atoms with van der Waals surface area (Å²) in [6.45, 7) is 18.7. The maximum Gasteiger partial charge on any atom is 0.212 e. The van der Waals surface area contributed by atoms with E-state index in [9.17, 15) is 0 Å². The summed E-state index contributed by atoms with van der Waals surface area (Å²) in [7, 11) is 0. The average molecular weight is 652 g/mol. The van der Waals surface area contributed by atoms with Gasteiger partial charge < -0.3 is 9.80 Å². The summed E-state index contributed by atoms with van der Waals surface area (Å²) in [5, 5.41) is 1.58. The first kappa shape index (κ1) is 32.4. The zero-order chi connectivity index (χ0) is 32.8. The number of rotatable bonds is 6. The van der Waals surface area contributed by atoms with Gasteiger partial charge in [0.25, 0.3) is 0 Å². The summed E-state index contributed by atoms with van der Waals surface area (Å²) in [6.07, 6.45) is 11.5. The van der Waals surface area contributed by atoms with Gasteiger partial charge in [-0.05, 0) is 93.3 Å². The summed E-state index contributed by atoms with van der Waals surface area (Å²) in [4.78, 5) is 4.89. The number of hydrogen-bond acceptors (Lipinski definition) is 2. The Balaban J connectivity index is 1.47. The normalized spacial score (nSPS) is 21.6. The summed E-state index contributed by atoms with van der Waals surface area (Å²) in [5.74, 6) is 0. The predicted molar refractivity (Wildman–Crippen MR) is 198 cm³/mol. The first-order valence-electron chi connectivity index (χ1n) is 16.7. The van der Waals surface area contributed by atoms with Crippen molar-refractivity contribution in [1.29, 1.82) is 0 Å². The predicted octanol–water partition coefficient (Wildman–Crippen LogP) is 11.1. The summed E-state index contributed by atoms with van der Waals surface area (Å²) < 4.78 is 2.49. The molecule has 3 nitrogen and oxygen atoms in total. The maximum absolute atomic E-state index is 6.48. The van der Waals surface area contributed by atoms with Gasteiger partial charge in [0.05, 0.1) is 0 Å². The molecule has 2 heterocycles. The van der Waals surface area contributed by atoms with Crippen LogP contribution in [0, 0.1) is 0 Å². The van der Waals surface area contributed by atoms with E-state index in [0.717, 1.165) is 42.5 Å². The Morgan fingerprint density at radius 1 is 0.652 bits per heavy atom. The van der Waals surface area contributed by atoms with Crippen LogP contribution in [0.25, 0.3) is 0 Å². The Morgan fingerprint density at radius 2 is 1.11 bits per heavy atom. The molecule has 3 aromatic rings. The number of likely N-dealkylation sites (N-methyl/N-ethyl adjacent to an activating group) is 2. The van der Waals surface area contributed by atoms with Crippen molar-refractivity contribution >= 4 is 46.0 Å². The molecule has 46 heavy (non-hydrogen) atoms. The van der Waals surface area contributed by atoms with Gasteiger partial charge in [-0.1, -0.05) is 81.2 Å². The first-order valence-corrected chi connectivity index (χ1v) is 17.5. The van der Waals surface area contributed by atoms with Gasteiger partial charge in [0, 0.05) is 80.0 Å². The number of anilines is 2. The topological polar surface area (TPSA) is 9.49 Å². The van der Waals surface area contributed by atoms with Gasteiger partial charge in [-0.3, -0.25) is 0 Å². The number of para-hydroxylation sites is 1. The van der Waals surface area contributed by atoms with Crippen LogP contribution in [0.4, 0.5) is 17.1 Å². The molecule has 3 aliphatic rings. The quantitative estimate of drug-likeness (QED) is 0.245. The van der Waals surface area contributed by atoms with Crippen molar-refractivity contribution in [1.82, 2.24) is 0 Å². The van der Waals surface area contributed by atoms with Crippen molar-refractivity contribution in [3.8, 4) is 0 Å². The third kappa shape index (κ3) is 5.46. The zero-order valence-electron chi connectivity index (χ0n) is 28.3. The van der Waals surface area contributed by atoms with Crippen LogP contribution in [0.2, 0.25) is 10.0 Å². The van der Waals surface area contributed by atoms with Gasteiger partial charge in [0.2, 0.25) is 11.4 Å². The van der Waals surface area contributed by atoms with Crippen molar-refractivity contribution in [2.75, 3.05) is 29.4 Å². The number of nitrogens with zero attached hydrogens (tertiary/aromatic N) is 3. The third-order valence-corrected chi connectivity index (χ3v) is 10.6. The Morgan fingerprint density at radius 3 is 1.52 bits per heavy atom. The van der Waals surface area contributed by atoms with Crippen molar-refractivity contribution in [3.05, 3.63) is 135 Å². The van der Waals surface area contributed by atoms with E-state index in [-0.39, 0.29) is 10.8 Å². The zero-order valence-corrected chi connectivity index (χ0v) is 29.8. The molecule has 0 spiro atoms. The summed E-state index contributed by atoms with van der Waals surface area (Å²) in [6, 6.07) is 23.4. The number of hydrogen-bond donors (Lipinski definition) is 0. The SMILES string of the molecule is CCN1/C(=C/C=C2\CC/C(=C\C=C3\N(CC)c4ccc(Cl)cc4C3(C)C)C2=[N+](CC)c2ccccc2)C(C)(C)c2cc(Cl)ccc21. The Labute approximate surface area is 285 Å². The fraction of sp³-hybridized carbons (Fsp3) is 0.341. The van der Waals surface area contributed by atoms with E-state index in [0.29, 0.717) is 0 Å². The van der Waals surface area contributed by atoms with Crippen LogP contribution in [-0.2, 0) is 10.8 Å². The van der Waals surface area contributed by atoms with Gasteiger partial charge in [-0.2, -0.15) is 4.58 Å². The lowest BCUT2D eigenvalue weighted by molar-refractivity contribution is -0.435. The van der Waals surface area contributed by atoms with Crippen molar-refractivity contribution in [2.24, 2.45) is 0 Å². The van der Waals surface area contributed by atoms with Gasteiger partial charge in [-0.15, -0.1) is 0 Å². The minimum Gasteiger partial charge on any atom is -0.344 e. The number of halogens is 2. The van der Waals surface area contributed by atoms with Gasteiger partial charge in [-0.25, -0.2) is 0 Å². The van der Waals surface area contributed by atoms with E-state index in [1.807, 2.05) is 12.1 Å². The molecule has 2 aliphatic heterocycles. The minimum atomic E-state index is -0.144. The Kier molecular flexibility index (Phi) is 8.87. The molecular formula is C41H46Cl2N3+. The number of fused-ring (bicyclic) bond motifs is 2. The number of benzene rings is 3. The van der Waals surface area contributed by atoms with Crippen LogP contribution in [0.1, 0.15) is 72.4 Å². The van der Waals surface area contributed by atoms with Crippen LogP contribution >= 0.6 is 23.2 Å². The van der Waals surface area contributed by atoms with Crippen molar-refractivity contribution in [2.45, 2.75) is 72.1 Å². The van der Waals surface area contributed by atoms with Crippen LogP contribution in [0.5, 0.6) is 0 Å². The second kappa shape index (κ2) is 12.6. The molecule has 1 saturated carbocycles. The maximum atomic E-state index is 6.48. The fourth-order valence-corrected chi connectivity index (χ4v) is 8.14. The average Bonchev–Trinajstić information content (AvgIpc) is 3.60. The molecule has 0 unspecified atom stereocenters. The molecule has 0 atom stereocenters. The molecule has 0 saturated heterocycles. The van der Waals surface area contributed by atoms with Crippen LogP contribution in [0.15, 0.2) is 114 Å². The highest BCUT2D eigenvalue weighted by Gasteiger charge is 2.41. The molecule has 1 fully saturated rings. The summed E-state index contributed by atoms with van der Waals surface area (Å²) in [5.41, 5.74) is 12.7. The lowest BCUT2D eigenvalue weighted by atomic mass is 9.83. The summed E-state index contributed by atoms with van der Waals surface area (Å²) >= 11 is 13.0. The van der Waals surface area contributed by atoms with E-state index >= 15 is 0 Å². The largest absolute Gasteiger partial charge is 0.344 e. The van der Waals surface area contributed by atoms with Gasteiger partial charge >= 0.3 is 0 Å². The highest BCUT2D eigenvalue weighted by atomic mass is 35.5. The molecule has 6 rings (SSSR count). The first-order chi connectivity index (χ1) is 22.0. The van der Waals surface area contributed by atoms with Crippen LogP contribution in [-0.4, -0.2) is 29.9 Å².